The van der Waals surface area contributed by atoms with Crippen molar-refractivity contribution >= 4 is 15.9 Å². The van der Waals surface area contributed by atoms with Gasteiger partial charge in [0.2, 0.25) is 0 Å². The highest BCUT2D eigenvalue weighted by Gasteiger charge is 2.28. The molecule has 0 saturated carbocycles. The van der Waals surface area contributed by atoms with Gasteiger partial charge < -0.3 is 10.6 Å². The van der Waals surface area contributed by atoms with Crippen molar-refractivity contribution in [2.45, 2.75) is 19.4 Å². The minimum Gasteiger partial charge on any atom is -0.338 e. The summed E-state index contributed by atoms with van der Waals surface area (Å²) in [4.78, 5) is 11.8. The Morgan fingerprint density at radius 2 is 2.14 bits per heavy atom. The fourth-order valence-electron chi connectivity index (χ4n) is 2.44. The van der Waals surface area contributed by atoms with Gasteiger partial charge in [0.25, 0.3) is 0 Å². The lowest BCUT2D eigenvalue weighted by atomic mass is 10.1. The number of halogens is 2. The third-order valence-corrected chi connectivity index (χ3v) is 5.49. The Balaban J connectivity index is 1.85. The molecule has 2 N–H and O–H groups in total. The van der Waals surface area contributed by atoms with Crippen LogP contribution in [0.1, 0.15) is 24.9 Å². The summed E-state index contributed by atoms with van der Waals surface area (Å²) in [6.07, 6.45) is 0.524. The first-order chi connectivity index (χ1) is 10.3. The lowest BCUT2D eigenvalue weighted by Gasteiger charge is -2.17. The summed E-state index contributed by atoms with van der Waals surface area (Å²) in [5.74, 6) is -1.07. The van der Waals surface area contributed by atoms with Crippen molar-refractivity contribution in [1.29, 1.82) is 0 Å². The lowest BCUT2D eigenvalue weighted by molar-refractivity contribution is 0.236. The topological polar surface area (TPSA) is 75.3 Å². The molecule has 1 fully saturated rings. The maximum absolute atomic E-state index is 13.6. The fourth-order valence-corrected chi connectivity index (χ4v) is 4.30. The number of benzene rings is 1. The van der Waals surface area contributed by atoms with E-state index in [-0.39, 0.29) is 29.5 Å². The first-order valence-electron chi connectivity index (χ1n) is 6.96. The minimum atomic E-state index is -2.98. The van der Waals surface area contributed by atoms with Gasteiger partial charge in [-0.05, 0) is 37.5 Å². The van der Waals surface area contributed by atoms with E-state index in [0.29, 0.717) is 6.42 Å². The number of nitrogens with one attached hydrogen (secondary N) is 2. The Morgan fingerprint density at radius 1 is 1.41 bits per heavy atom. The van der Waals surface area contributed by atoms with Gasteiger partial charge in [0.1, 0.15) is 11.6 Å². The largest absolute Gasteiger partial charge is 0.338 e. The summed E-state index contributed by atoms with van der Waals surface area (Å²) >= 11 is 0. The highest BCUT2D eigenvalue weighted by Crippen LogP contribution is 2.19. The molecule has 2 amide bonds. The van der Waals surface area contributed by atoms with Crippen LogP contribution in [0, 0.1) is 17.6 Å². The molecule has 1 aliphatic rings. The maximum Gasteiger partial charge on any atom is 0.315 e. The van der Waals surface area contributed by atoms with Gasteiger partial charge in [-0.3, -0.25) is 0 Å². The molecule has 2 atom stereocenters. The Morgan fingerprint density at radius 3 is 2.77 bits per heavy atom. The van der Waals surface area contributed by atoms with Crippen molar-refractivity contribution in [2.75, 3.05) is 18.1 Å². The van der Waals surface area contributed by atoms with E-state index in [4.69, 9.17) is 0 Å². The van der Waals surface area contributed by atoms with Crippen molar-refractivity contribution in [3.05, 3.63) is 35.4 Å². The molecule has 2 rings (SSSR count). The van der Waals surface area contributed by atoms with Crippen LogP contribution >= 0.6 is 0 Å². The number of hydrogen-bond acceptors (Lipinski definition) is 3. The predicted molar refractivity (Wildman–Crippen MR) is 78.1 cm³/mol. The Hall–Kier alpha value is -1.70. The van der Waals surface area contributed by atoms with Crippen molar-refractivity contribution < 1.29 is 22.0 Å². The van der Waals surface area contributed by atoms with E-state index in [2.05, 4.69) is 10.6 Å². The van der Waals surface area contributed by atoms with E-state index in [9.17, 15) is 22.0 Å². The van der Waals surface area contributed by atoms with Crippen LogP contribution in [-0.2, 0) is 9.84 Å². The molecule has 1 heterocycles. The normalized spacial score (nSPS) is 21.3. The van der Waals surface area contributed by atoms with Crippen LogP contribution in [0.15, 0.2) is 18.2 Å². The van der Waals surface area contributed by atoms with E-state index < -0.39 is 33.5 Å². The fraction of sp³-hybridized carbons (Fsp3) is 0.500. The summed E-state index contributed by atoms with van der Waals surface area (Å²) in [5.41, 5.74) is 0.0543. The van der Waals surface area contributed by atoms with Gasteiger partial charge in [-0.2, -0.15) is 0 Å². The molecular weight excluding hydrogens is 314 g/mol. The Bertz CT molecular complexity index is 664. The summed E-state index contributed by atoms with van der Waals surface area (Å²) in [6.45, 7) is 1.78. The number of amides is 2. The van der Waals surface area contributed by atoms with Gasteiger partial charge in [-0.1, -0.05) is 0 Å². The van der Waals surface area contributed by atoms with Crippen LogP contribution in [0.2, 0.25) is 0 Å². The molecule has 1 aliphatic heterocycles. The second-order valence-corrected chi connectivity index (χ2v) is 7.74. The highest BCUT2D eigenvalue weighted by atomic mass is 32.2. The average molecular weight is 332 g/mol. The summed E-state index contributed by atoms with van der Waals surface area (Å²) < 4.78 is 49.3. The molecule has 0 aromatic heterocycles. The molecule has 0 unspecified atom stereocenters. The van der Waals surface area contributed by atoms with Gasteiger partial charge in [0, 0.05) is 12.1 Å². The molecule has 1 aromatic carbocycles. The molecule has 1 saturated heterocycles. The smallest absolute Gasteiger partial charge is 0.315 e. The van der Waals surface area contributed by atoms with Gasteiger partial charge in [-0.25, -0.2) is 22.0 Å². The van der Waals surface area contributed by atoms with Crippen molar-refractivity contribution in [1.82, 2.24) is 10.6 Å². The predicted octanol–water partition coefficient (Wildman–Crippen LogP) is 1.76. The summed E-state index contributed by atoms with van der Waals surface area (Å²) in [6, 6.07) is 1.79. The average Bonchev–Trinajstić information content (AvgIpc) is 2.78. The Labute approximate surface area is 128 Å². The second-order valence-electron chi connectivity index (χ2n) is 5.51. The SMILES string of the molecule is C[C@@H](NC(=O)NC[C@@H]1CCS(=O)(=O)C1)c1cc(F)ccc1F. The number of sulfone groups is 1. The number of urea groups is 1. The lowest BCUT2D eigenvalue weighted by Crippen LogP contribution is -2.39. The first kappa shape index (κ1) is 16.7. The molecular formula is C14H18F2N2O3S. The quantitative estimate of drug-likeness (QED) is 0.882. The Kier molecular flexibility index (Phi) is 5.00. The van der Waals surface area contributed by atoms with Gasteiger partial charge in [-0.15, -0.1) is 0 Å². The van der Waals surface area contributed by atoms with Crippen LogP contribution in [0.3, 0.4) is 0 Å². The second kappa shape index (κ2) is 6.60. The standard InChI is InChI=1S/C14H18F2N2O3S/c1-9(12-6-11(15)2-3-13(12)16)18-14(19)17-7-10-4-5-22(20,21)8-10/h2-3,6,9-10H,4-5,7-8H2,1H3,(H2,17,18,19)/t9-,10+/m1/s1. The summed E-state index contributed by atoms with van der Waals surface area (Å²) in [7, 11) is -2.98. The molecule has 0 aliphatic carbocycles. The van der Waals surface area contributed by atoms with Crippen LogP contribution < -0.4 is 10.6 Å². The minimum absolute atomic E-state index is 0.0543. The highest BCUT2D eigenvalue weighted by molar-refractivity contribution is 7.91. The molecule has 1 aromatic rings. The maximum atomic E-state index is 13.6. The zero-order valence-corrected chi connectivity index (χ0v) is 12.9. The van der Waals surface area contributed by atoms with Gasteiger partial charge >= 0.3 is 6.03 Å². The van der Waals surface area contributed by atoms with E-state index >= 15 is 0 Å². The number of hydrogen-bond donors (Lipinski definition) is 2. The van der Waals surface area contributed by atoms with Crippen molar-refractivity contribution in [3.63, 3.8) is 0 Å². The number of rotatable bonds is 4. The number of carbonyl (C=O) groups is 1. The third kappa shape index (κ3) is 4.40. The van der Waals surface area contributed by atoms with E-state index in [1.807, 2.05) is 0 Å². The number of carbonyl (C=O) groups excluding carboxylic acids is 1. The molecule has 8 heteroatoms. The van der Waals surface area contributed by atoms with Crippen LogP contribution in [0.25, 0.3) is 0 Å². The molecule has 5 nitrogen and oxygen atoms in total. The first-order valence-corrected chi connectivity index (χ1v) is 8.79. The zero-order valence-electron chi connectivity index (χ0n) is 12.1. The molecule has 122 valence electrons. The van der Waals surface area contributed by atoms with E-state index in [1.165, 1.54) is 6.92 Å². The zero-order chi connectivity index (χ0) is 16.3. The van der Waals surface area contributed by atoms with Crippen LogP contribution in [0.4, 0.5) is 13.6 Å². The van der Waals surface area contributed by atoms with E-state index in [1.54, 1.807) is 0 Å². The van der Waals surface area contributed by atoms with E-state index in [0.717, 1.165) is 18.2 Å². The van der Waals surface area contributed by atoms with Crippen molar-refractivity contribution in [3.8, 4) is 0 Å². The van der Waals surface area contributed by atoms with Gasteiger partial charge in [0.05, 0.1) is 17.5 Å². The third-order valence-electron chi connectivity index (χ3n) is 3.65. The monoisotopic (exact) mass is 332 g/mol. The molecule has 22 heavy (non-hydrogen) atoms. The van der Waals surface area contributed by atoms with Crippen molar-refractivity contribution in [2.24, 2.45) is 5.92 Å². The molecule has 0 radical (unpaired) electrons. The molecule has 0 bridgehead atoms. The molecule has 0 spiro atoms. The van der Waals surface area contributed by atoms with Crippen LogP contribution in [0.5, 0.6) is 0 Å². The van der Waals surface area contributed by atoms with Crippen LogP contribution in [-0.4, -0.2) is 32.5 Å². The van der Waals surface area contributed by atoms with Gasteiger partial charge in [0.15, 0.2) is 9.84 Å². The summed E-state index contributed by atoms with van der Waals surface area (Å²) in [5, 5.41) is 5.07.